The van der Waals surface area contributed by atoms with Crippen LogP contribution in [0.3, 0.4) is 0 Å². The third-order valence-corrected chi connectivity index (χ3v) is 6.76. The number of para-hydroxylation sites is 1. The van der Waals surface area contributed by atoms with Gasteiger partial charge in [-0.3, -0.25) is 0 Å². The first-order valence-corrected chi connectivity index (χ1v) is 10.6. The Balaban J connectivity index is 1.46. The first kappa shape index (κ1) is 19.4. The van der Waals surface area contributed by atoms with Crippen molar-refractivity contribution in [1.82, 2.24) is 9.29 Å². The summed E-state index contributed by atoms with van der Waals surface area (Å²) < 4.78 is 37.8. The van der Waals surface area contributed by atoms with E-state index in [0.29, 0.717) is 24.4 Å². The van der Waals surface area contributed by atoms with Crippen molar-refractivity contribution in [3.63, 3.8) is 0 Å². The summed E-state index contributed by atoms with van der Waals surface area (Å²) in [5, 5.41) is 1.02. The lowest BCUT2D eigenvalue weighted by Gasteiger charge is -2.17. The molecule has 150 valence electrons. The molecule has 1 aliphatic heterocycles. The molecule has 0 amide bonds. The molecule has 0 aliphatic carbocycles. The van der Waals surface area contributed by atoms with Crippen molar-refractivity contribution in [3.8, 4) is 5.88 Å². The summed E-state index contributed by atoms with van der Waals surface area (Å²) >= 11 is 0. The number of ether oxygens (including phenoxy) is 2. The molecule has 1 aliphatic rings. The average Bonchev–Trinajstić information content (AvgIpc) is 3.22. The molecule has 2 heterocycles. The van der Waals surface area contributed by atoms with Crippen LogP contribution < -0.4 is 4.74 Å². The number of benzene rings is 2. The minimum atomic E-state index is -3.67. The normalized spacial score (nSPS) is 17.3. The summed E-state index contributed by atoms with van der Waals surface area (Å²) in [4.78, 5) is 16.1. The first-order chi connectivity index (χ1) is 14.0. The summed E-state index contributed by atoms with van der Waals surface area (Å²) in [5.74, 6) is -0.0261. The zero-order chi connectivity index (χ0) is 20.4. The number of esters is 1. The van der Waals surface area contributed by atoms with E-state index in [2.05, 4.69) is 9.72 Å². The topological polar surface area (TPSA) is 85.8 Å². The largest absolute Gasteiger partial charge is 0.473 e. The van der Waals surface area contributed by atoms with Crippen LogP contribution in [0.4, 0.5) is 0 Å². The minimum absolute atomic E-state index is 0.134. The van der Waals surface area contributed by atoms with Gasteiger partial charge < -0.3 is 9.47 Å². The van der Waals surface area contributed by atoms with Crippen LogP contribution in [-0.2, 0) is 14.8 Å². The van der Waals surface area contributed by atoms with Crippen molar-refractivity contribution >= 4 is 26.9 Å². The zero-order valence-electron chi connectivity index (χ0n) is 15.8. The van der Waals surface area contributed by atoms with Gasteiger partial charge in [0.25, 0.3) is 0 Å². The quantitative estimate of drug-likeness (QED) is 0.599. The van der Waals surface area contributed by atoms with E-state index in [1.54, 1.807) is 6.07 Å². The molecule has 1 atom stereocenters. The van der Waals surface area contributed by atoms with Crippen molar-refractivity contribution in [1.29, 1.82) is 0 Å². The Labute approximate surface area is 168 Å². The average molecular weight is 412 g/mol. The van der Waals surface area contributed by atoms with Crippen LogP contribution in [0.25, 0.3) is 10.9 Å². The van der Waals surface area contributed by atoms with Crippen LogP contribution in [0.5, 0.6) is 5.88 Å². The van der Waals surface area contributed by atoms with Gasteiger partial charge >= 0.3 is 5.97 Å². The predicted octanol–water partition coefficient (Wildman–Crippen LogP) is 2.86. The second kappa shape index (κ2) is 7.81. The monoisotopic (exact) mass is 412 g/mol. The number of pyridine rings is 1. The molecule has 1 unspecified atom stereocenters. The number of fused-ring (bicyclic) bond motifs is 1. The molecule has 0 saturated carbocycles. The van der Waals surface area contributed by atoms with Gasteiger partial charge in [-0.15, -0.1) is 0 Å². The Morgan fingerprint density at radius 1 is 1.07 bits per heavy atom. The SMILES string of the molecule is COC(=O)c1ccc(S(=O)(=O)N2CCC(Oc3ccc4ccccc4n3)C2)cc1. The number of hydrogen-bond donors (Lipinski definition) is 0. The fourth-order valence-electron chi connectivity index (χ4n) is 3.33. The molecule has 0 spiro atoms. The highest BCUT2D eigenvalue weighted by atomic mass is 32.2. The Kier molecular flexibility index (Phi) is 5.21. The van der Waals surface area contributed by atoms with Crippen molar-refractivity contribution in [3.05, 3.63) is 66.2 Å². The lowest BCUT2D eigenvalue weighted by molar-refractivity contribution is 0.0600. The van der Waals surface area contributed by atoms with Gasteiger partial charge in [0.2, 0.25) is 15.9 Å². The van der Waals surface area contributed by atoms with Gasteiger partial charge in [0, 0.05) is 18.0 Å². The molecule has 4 rings (SSSR count). The van der Waals surface area contributed by atoms with E-state index in [1.807, 2.05) is 30.3 Å². The molecular weight excluding hydrogens is 392 g/mol. The van der Waals surface area contributed by atoms with Crippen molar-refractivity contribution in [2.45, 2.75) is 17.4 Å². The Bertz CT molecular complexity index is 1150. The van der Waals surface area contributed by atoms with E-state index >= 15 is 0 Å². The molecule has 3 aromatic rings. The van der Waals surface area contributed by atoms with E-state index in [0.717, 1.165) is 10.9 Å². The van der Waals surface area contributed by atoms with Gasteiger partial charge in [-0.2, -0.15) is 4.31 Å². The van der Waals surface area contributed by atoms with Crippen molar-refractivity contribution in [2.24, 2.45) is 0 Å². The number of hydrogen-bond acceptors (Lipinski definition) is 6. The predicted molar refractivity (Wildman–Crippen MR) is 107 cm³/mol. The van der Waals surface area contributed by atoms with Gasteiger partial charge in [-0.25, -0.2) is 18.2 Å². The molecule has 0 N–H and O–H groups in total. The van der Waals surface area contributed by atoms with E-state index < -0.39 is 16.0 Å². The highest BCUT2D eigenvalue weighted by Crippen LogP contribution is 2.25. The lowest BCUT2D eigenvalue weighted by atomic mass is 10.2. The van der Waals surface area contributed by atoms with Crippen molar-refractivity contribution in [2.75, 3.05) is 20.2 Å². The van der Waals surface area contributed by atoms with Gasteiger partial charge in [-0.1, -0.05) is 18.2 Å². The van der Waals surface area contributed by atoms with Crippen LogP contribution in [-0.4, -0.2) is 50.0 Å². The maximum atomic E-state index is 12.9. The molecule has 0 radical (unpaired) electrons. The summed E-state index contributed by atoms with van der Waals surface area (Å²) in [6.45, 7) is 0.606. The maximum absolute atomic E-state index is 12.9. The number of methoxy groups -OCH3 is 1. The van der Waals surface area contributed by atoms with Gasteiger partial charge in [0.1, 0.15) is 6.10 Å². The zero-order valence-corrected chi connectivity index (χ0v) is 16.6. The molecule has 1 fully saturated rings. The van der Waals surface area contributed by atoms with E-state index in [9.17, 15) is 13.2 Å². The third-order valence-electron chi connectivity index (χ3n) is 4.88. The van der Waals surface area contributed by atoms with Crippen LogP contribution in [0.1, 0.15) is 16.8 Å². The van der Waals surface area contributed by atoms with Gasteiger partial charge in [0.15, 0.2) is 0 Å². The molecular formula is C21H20N2O5S. The fraction of sp³-hybridized carbons (Fsp3) is 0.238. The fourth-order valence-corrected chi connectivity index (χ4v) is 4.81. The number of aromatic nitrogens is 1. The molecule has 2 aromatic carbocycles. The van der Waals surface area contributed by atoms with Crippen LogP contribution in [0.2, 0.25) is 0 Å². The van der Waals surface area contributed by atoms with E-state index in [-0.39, 0.29) is 17.5 Å². The molecule has 1 aromatic heterocycles. The first-order valence-electron chi connectivity index (χ1n) is 9.18. The molecule has 29 heavy (non-hydrogen) atoms. The van der Waals surface area contributed by atoms with Crippen LogP contribution >= 0.6 is 0 Å². The summed E-state index contributed by atoms with van der Waals surface area (Å²) in [7, 11) is -2.39. The molecule has 1 saturated heterocycles. The minimum Gasteiger partial charge on any atom is -0.473 e. The Morgan fingerprint density at radius 2 is 1.83 bits per heavy atom. The van der Waals surface area contributed by atoms with Crippen LogP contribution in [0.15, 0.2) is 65.6 Å². The molecule has 7 nitrogen and oxygen atoms in total. The van der Waals surface area contributed by atoms with Gasteiger partial charge in [0.05, 0.1) is 29.6 Å². The smallest absolute Gasteiger partial charge is 0.337 e. The van der Waals surface area contributed by atoms with Crippen molar-refractivity contribution < 1.29 is 22.7 Å². The standard InChI is InChI=1S/C21H20N2O5S/c1-27-21(24)16-6-9-18(10-7-16)29(25,26)23-13-12-17(14-23)28-20-11-8-15-4-2-3-5-19(15)22-20/h2-11,17H,12-14H2,1H3. The second-order valence-electron chi connectivity index (χ2n) is 6.75. The number of sulfonamides is 1. The van der Waals surface area contributed by atoms with E-state index in [1.165, 1.54) is 35.7 Å². The lowest BCUT2D eigenvalue weighted by Crippen LogP contribution is -2.31. The number of carbonyl (C=O) groups is 1. The number of carbonyl (C=O) groups excluding carboxylic acids is 1. The maximum Gasteiger partial charge on any atom is 0.337 e. The van der Waals surface area contributed by atoms with Crippen LogP contribution in [0, 0.1) is 0 Å². The molecule has 0 bridgehead atoms. The highest BCUT2D eigenvalue weighted by Gasteiger charge is 2.34. The third kappa shape index (κ3) is 3.94. The Morgan fingerprint density at radius 3 is 2.59 bits per heavy atom. The second-order valence-corrected chi connectivity index (χ2v) is 8.69. The van der Waals surface area contributed by atoms with Gasteiger partial charge in [-0.05, 0) is 42.8 Å². The summed E-state index contributed by atoms with van der Waals surface area (Å²) in [6, 6.07) is 17.2. The summed E-state index contributed by atoms with van der Waals surface area (Å²) in [6.07, 6.45) is 0.307. The number of nitrogens with zero attached hydrogens (tertiary/aromatic N) is 2. The Hall–Kier alpha value is -2.97. The summed E-state index contributed by atoms with van der Waals surface area (Å²) in [5.41, 5.74) is 1.13. The van der Waals surface area contributed by atoms with E-state index in [4.69, 9.17) is 4.74 Å². The highest BCUT2D eigenvalue weighted by molar-refractivity contribution is 7.89. The number of rotatable bonds is 5. The molecule has 8 heteroatoms.